The minimum absolute atomic E-state index is 0.254. The number of sulfonamides is 1. The molecule has 0 amide bonds. The molecule has 180 valence electrons. The lowest BCUT2D eigenvalue weighted by Crippen LogP contribution is -2.51. The molecule has 0 aliphatic carbocycles. The molecule has 0 bridgehead atoms. The predicted octanol–water partition coefficient (Wildman–Crippen LogP) is 4.30. The SMILES string of the molecule is CCc1nc(-c2ccccc2)nc(N2CCN(S(=O)(=O)C(C)C)CC2)c1Cc1ccccc1F. The van der Waals surface area contributed by atoms with Gasteiger partial charge in [0.1, 0.15) is 11.6 Å². The molecule has 1 fully saturated rings. The van der Waals surface area contributed by atoms with Gasteiger partial charge in [-0.15, -0.1) is 0 Å². The molecule has 0 unspecified atom stereocenters. The van der Waals surface area contributed by atoms with E-state index in [0.29, 0.717) is 50.4 Å². The quantitative estimate of drug-likeness (QED) is 0.503. The number of aromatic nitrogens is 2. The Morgan fingerprint density at radius 1 is 0.941 bits per heavy atom. The lowest BCUT2D eigenvalue weighted by Gasteiger charge is -2.36. The van der Waals surface area contributed by atoms with Gasteiger partial charge in [-0.2, -0.15) is 4.31 Å². The third-order valence-electron chi connectivity index (χ3n) is 6.26. The summed E-state index contributed by atoms with van der Waals surface area (Å²) in [5, 5.41) is -0.453. The lowest BCUT2D eigenvalue weighted by molar-refractivity contribution is 0.379. The van der Waals surface area contributed by atoms with Gasteiger partial charge in [0, 0.05) is 49.4 Å². The fourth-order valence-electron chi connectivity index (χ4n) is 4.25. The molecule has 0 saturated carbocycles. The van der Waals surface area contributed by atoms with Crippen LogP contribution < -0.4 is 4.90 Å². The van der Waals surface area contributed by atoms with Gasteiger partial charge < -0.3 is 4.90 Å². The van der Waals surface area contributed by atoms with Gasteiger partial charge in [-0.25, -0.2) is 22.8 Å². The zero-order valence-corrected chi connectivity index (χ0v) is 20.7. The van der Waals surface area contributed by atoms with Crippen molar-refractivity contribution in [2.45, 2.75) is 38.9 Å². The van der Waals surface area contributed by atoms with E-state index >= 15 is 0 Å². The number of hydrogen-bond acceptors (Lipinski definition) is 5. The first-order chi connectivity index (χ1) is 16.3. The molecule has 6 nitrogen and oxygen atoms in total. The Morgan fingerprint density at radius 3 is 2.21 bits per heavy atom. The van der Waals surface area contributed by atoms with Crippen molar-refractivity contribution in [2.24, 2.45) is 0 Å². The van der Waals surface area contributed by atoms with Crippen molar-refractivity contribution in [3.8, 4) is 11.4 Å². The predicted molar refractivity (Wildman–Crippen MR) is 134 cm³/mol. The van der Waals surface area contributed by atoms with Crippen molar-refractivity contribution >= 4 is 15.8 Å². The van der Waals surface area contributed by atoms with E-state index in [1.54, 1.807) is 30.3 Å². The average Bonchev–Trinajstić information content (AvgIpc) is 2.86. The number of halogens is 1. The summed E-state index contributed by atoms with van der Waals surface area (Å²) < 4.78 is 41.4. The topological polar surface area (TPSA) is 66.4 Å². The van der Waals surface area contributed by atoms with Crippen molar-refractivity contribution in [2.75, 3.05) is 31.1 Å². The van der Waals surface area contributed by atoms with E-state index in [4.69, 9.17) is 9.97 Å². The molecular formula is C26H31FN4O2S. The first kappa shape index (κ1) is 24.3. The van der Waals surface area contributed by atoms with Gasteiger partial charge in [-0.1, -0.05) is 55.5 Å². The fourth-order valence-corrected chi connectivity index (χ4v) is 5.52. The standard InChI is InChI=1S/C26H31FN4O2S/c1-4-24-22(18-21-12-8-9-13-23(21)27)26(29-25(28-24)20-10-6-5-7-11-20)30-14-16-31(17-15-30)34(32,33)19(2)3/h5-13,19H,4,14-18H2,1-3H3. The molecule has 1 saturated heterocycles. The van der Waals surface area contributed by atoms with Crippen molar-refractivity contribution < 1.29 is 12.8 Å². The molecule has 2 aromatic carbocycles. The van der Waals surface area contributed by atoms with Crippen LogP contribution in [0.5, 0.6) is 0 Å². The van der Waals surface area contributed by atoms with Gasteiger partial charge in [0.15, 0.2) is 5.82 Å². The van der Waals surface area contributed by atoms with Crippen LogP contribution in [-0.2, 0) is 22.9 Å². The summed E-state index contributed by atoms with van der Waals surface area (Å²) in [4.78, 5) is 11.9. The molecule has 1 aromatic heterocycles. The van der Waals surface area contributed by atoms with E-state index in [-0.39, 0.29) is 5.82 Å². The summed E-state index contributed by atoms with van der Waals surface area (Å²) in [6, 6.07) is 16.6. The monoisotopic (exact) mass is 482 g/mol. The van der Waals surface area contributed by atoms with E-state index in [0.717, 1.165) is 22.6 Å². The highest BCUT2D eigenvalue weighted by Gasteiger charge is 2.31. The number of rotatable bonds is 7. The Kier molecular flexibility index (Phi) is 7.28. The summed E-state index contributed by atoms with van der Waals surface area (Å²) in [6.45, 7) is 7.28. The summed E-state index contributed by atoms with van der Waals surface area (Å²) >= 11 is 0. The number of hydrogen-bond donors (Lipinski definition) is 0. The minimum atomic E-state index is -3.31. The first-order valence-electron chi connectivity index (χ1n) is 11.7. The maximum absolute atomic E-state index is 14.6. The van der Waals surface area contributed by atoms with Crippen LogP contribution in [-0.4, -0.2) is 54.1 Å². The Labute approximate surface area is 201 Å². The second-order valence-electron chi connectivity index (χ2n) is 8.76. The molecule has 3 aromatic rings. The normalized spacial score (nSPS) is 15.1. The number of aryl methyl sites for hydroxylation is 1. The van der Waals surface area contributed by atoms with Gasteiger partial charge in [-0.05, 0) is 31.9 Å². The highest BCUT2D eigenvalue weighted by Crippen LogP contribution is 2.30. The van der Waals surface area contributed by atoms with Gasteiger partial charge >= 0.3 is 0 Å². The summed E-state index contributed by atoms with van der Waals surface area (Å²) in [7, 11) is -3.31. The van der Waals surface area contributed by atoms with Gasteiger partial charge in [-0.3, -0.25) is 0 Å². The molecule has 4 rings (SSSR count). The molecule has 1 aliphatic heterocycles. The molecule has 34 heavy (non-hydrogen) atoms. The number of nitrogens with zero attached hydrogens (tertiary/aromatic N) is 4. The van der Waals surface area contributed by atoms with Crippen molar-refractivity contribution in [3.63, 3.8) is 0 Å². The molecule has 0 atom stereocenters. The van der Waals surface area contributed by atoms with Gasteiger partial charge in [0.05, 0.1) is 5.25 Å². The zero-order chi connectivity index (χ0) is 24.3. The van der Waals surface area contributed by atoms with Crippen LogP contribution in [0.25, 0.3) is 11.4 Å². The molecule has 8 heteroatoms. The van der Waals surface area contributed by atoms with Crippen LogP contribution in [0.3, 0.4) is 0 Å². The molecule has 1 aliphatic rings. The first-order valence-corrected chi connectivity index (χ1v) is 13.2. The highest BCUT2D eigenvalue weighted by molar-refractivity contribution is 7.89. The second kappa shape index (κ2) is 10.2. The highest BCUT2D eigenvalue weighted by atomic mass is 32.2. The lowest BCUT2D eigenvalue weighted by atomic mass is 10.0. The molecular weight excluding hydrogens is 451 g/mol. The minimum Gasteiger partial charge on any atom is -0.354 e. The van der Waals surface area contributed by atoms with Crippen LogP contribution in [0.4, 0.5) is 10.2 Å². The summed E-state index contributed by atoms with van der Waals surface area (Å²) in [5.41, 5.74) is 3.28. The van der Waals surface area contributed by atoms with Crippen LogP contribution in [0, 0.1) is 5.82 Å². The van der Waals surface area contributed by atoms with Crippen LogP contribution in [0.15, 0.2) is 54.6 Å². The van der Waals surface area contributed by atoms with E-state index in [1.807, 2.05) is 43.3 Å². The third kappa shape index (κ3) is 4.98. The van der Waals surface area contributed by atoms with Gasteiger partial charge in [0.2, 0.25) is 10.0 Å². The Hall–Kier alpha value is -2.84. The second-order valence-corrected chi connectivity index (χ2v) is 11.3. The third-order valence-corrected chi connectivity index (χ3v) is 8.53. The fraction of sp³-hybridized carbons (Fsp3) is 0.385. The summed E-state index contributed by atoms with van der Waals surface area (Å²) in [6.07, 6.45) is 1.06. The average molecular weight is 483 g/mol. The molecule has 0 N–H and O–H groups in total. The molecule has 2 heterocycles. The van der Waals surface area contributed by atoms with E-state index < -0.39 is 15.3 Å². The van der Waals surface area contributed by atoms with Crippen LogP contribution in [0.1, 0.15) is 37.6 Å². The number of benzene rings is 2. The summed E-state index contributed by atoms with van der Waals surface area (Å²) in [5.74, 6) is 1.13. The van der Waals surface area contributed by atoms with E-state index in [9.17, 15) is 12.8 Å². The van der Waals surface area contributed by atoms with Crippen LogP contribution >= 0.6 is 0 Å². The van der Waals surface area contributed by atoms with Crippen molar-refractivity contribution in [3.05, 3.63) is 77.2 Å². The maximum Gasteiger partial charge on any atom is 0.216 e. The smallest absolute Gasteiger partial charge is 0.216 e. The Balaban J connectivity index is 1.75. The Bertz CT molecular complexity index is 1240. The molecule has 0 spiro atoms. The maximum atomic E-state index is 14.6. The Morgan fingerprint density at radius 2 is 1.59 bits per heavy atom. The largest absolute Gasteiger partial charge is 0.354 e. The number of piperazine rings is 1. The van der Waals surface area contributed by atoms with Crippen LogP contribution in [0.2, 0.25) is 0 Å². The number of anilines is 1. The van der Waals surface area contributed by atoms with E-state index in [2.05, 4.69) is 4.90 Å². The van der Waals surface area contributed by atoms with Crippen molar-refractivity contribution in [1.82, 2.24) is 14.3 Å². The van der Waals surface area contributed by atoms with E-state index in [1.165, 1.54) is 6.07 Å². The van der Waals surface area contributed by atoms with Gasteiger partial charge in [0.25, 0.3) is 0 Å². The zero-order valence-electron chi connectivity index (χ0n) is 19.9. The molecule has 0 radical (unpaired) electrons. The van der Waals surface area contributed by atoms with Crippen molar-refractivity contribution in [1.29, 1.82) is 0 Å².